The molecular weight excluding hydrogens is 490 g/mol. The van der Waals surface area contributed by atoms with E-state index in [2.05, 4.69) is 4.98 Å². The number of halogens is 2. The highest BCUT2D eigenvalue weighted by atomic mass is 19.3. The number of carbonyl (C=O) groups excluding carboxylic acids is 3. The number of aromatic nitrogens is 1. The van der Waals surface area contributed by atoms with E-state index in [0.29, 0.717) is 11.3 Å². The van der Waals surface area contributed by atoms with Crippen molar-refractivity contribution >= 4 is 17.7 Å². The zero-order valence-corrected chi connectivity index (χ0v) is 22.9. The number of Topliss-reactive ketones (excluding diaryl/α,β-unsaturated/α-hetero) is 2. The Labute approximate surface area is 223 Å². The zero-order valence-electron chi connectivity index (χ0n) is 22.9. The van der Waals surface area contributed by atoms with E-state index in [1.807, 2.05) is 37.3 Å². The molecule has 0 spiro atoms. The molecule has 2 aromatic rings. The van der Waals surface area contributed by atoms with Gasteiger partial charge in [0, 0.05) is 55.4 Å². The van der Waals surface area contributed by atoms with Crippen molar-refractivity contribution in [3.63, 3.8) is 0 Å². The summed E-state index contributed by atoms with van der Waals surface area (Å²) in [5, 5.41) is 0. The Hall–Kier alpha value is -3.16. The monoisotopic (exact) mass is 528 g/mol. The second-order valence-electron chi connectivity index (χ2n) is 11.0. The van der Waals surface area contributed by atoms with E-state index in [9.17, 15) is 23.2 Å². The first kappa shape index (κ1) is 29.4. The number of hydrogen-bond donors (Lipinski definition) is 0. The number of carbonyl (C=O) groups is 3. The minimum atomic E-state index is -2.92. The SMILES string of the molecule is CCC(=O)c1cc(C(=O)CCCC2CN(C(=O)OC(C)(C)C)CCC2(F)F)cc([C@@H](C)c2ccccc2)n1. The van der Waals surface area contributed by atoms with Gasteiger partial charge in [-0.05, 0) is 51.3 Å². The van der Waals surface area contributed by atoms with Crippen LogP contribution in [0, 0.1) is 5.92 Å². The first-order chi connectivity index (χ1) is 17.8. The Morgan fingerprint density at radius 1 is 1.13 bits per heavy atom. The number of hydrogen-bond acceptors (Lipinski definition) is 5. The predicted octanol–water partition coefficient (Wildman–Crippen LogP) is 7.07. The molecular formula is C30H38F2N2O4. The summed E-state index contributed by atoms with van der Waals surface area (Å²) in [7, 11) is 0. The van der Waals surface area contributed by atoms with Gasteiger partial charge in [0.15, 0.2) is 11.6 Å². The molecule has 6 nitrogen and oxygen atoms in total. The summed E-state index contributed by atoms with van der Waals surface area (Å²) < 4.78 is 34.7. The second-order valence-corrected chi connectivity index (χ2v) is 11.0. The fraction of sp³-hybridized carbons (Fsp3) is 0.533. The molecule has 2 atom stereocenters. The summed E-state index contributed by atoms with van der Waals surface area (Å²) in [5.74, 6) is -4.49. The van der Waals surface area contributed by atoms with Crippen molar-refractivity contribution < 1.29 is 27.9 Å². The standard InChI is InChI=1S/C30H38F2N2O4/c1-6-26(35)25-18-22(17-24(33-25)20(2)21-11-8-7-9-12-21)27(36)14-10-13-23-19-34(16-15-30(23,31)32)28(37)38-29(3,4)5/h7-9,11-12,17-18,20,23H,6,10,13-16,19H2,1-5H3/t20-,23?/m0/s1. The van der Waals surface area contributed by atoms with Gasteiger partial charge in [-0.2, -0.15) is 0 Å². The molecule has 0 saturated carbocycles. The molecule has 1 amide bonds. The molecule has 1 fully saturated rings. The molecule has 1 aromatic heterocycles. The van der Waals surface area contributed by atoms with E-state index in [0.717, 1.165) is 5.56 Å². The second kappa shape index (κ2) is 12.1. The van der Waals surface area contributed by atoms with Crippen molar-refractivity contribution in [2.24, 2.45) is 5.92 Å². The molecule has 0 radical (unpaired) electrons. The third-order valence-electron chi connectivity index (χ3n) is 6.88. The van der Waals surface area contributed by atoms with Crippen molar-refractivity contribution in [2.45, 2.75) is 84.2 Å². The molecule has 0 bridgehead atoms. The quantitative estimate of drug-likeness (QED) is 0.325. The maximum Gasteiger partial charge on any atom is 0.410 e. The topological polar surface area (TPSA) is 76.6 Å². The normalized spacial score (nSPS) is 18.1. The Morgan fingerprint density at radius 2 is 1.82 bits per heavy atom. The van der Waals surface area contributed by atoms with Crippen LogP contribution in [0.15, 0.2) is 42.5 Å². The number of piperidine rings is 1. The lowest BCUT2D eigenvalue weighted by Gasteiger charge is -2.38. The fourth-order valence-corrected chi connectivity index (χ4v) is 4.60. The number of likely N-dealkylation sites (tertiary alicyclic amines) is 1. The van der Waals surface area contributed by atoms with Gasteiger partial charge in [0.05, 0.1) is 0 Å². The highest BCUT2D eigenvalue weighted by molar-refractivity contribution is 6.00. The highest BCUT2D eigenvalue weighted by Gasteiger charge is 2.45. The summed E-state index contributed by atoms with van der Waals surface area (Å²) in [5.41, 5.74) is 1.51. The Kier molecular flexibility index (Phi) is 9.39. The van der Waals surface area contributed by atoms with Gasteiger partial charge >= 0.3 is 6.09 Å². The van der Waals surface area contributed by atoms with Gasteiger partial charge in [-0.1, -0.05) is 44.2 Å². The van der Waals surface area contributed by atoms with Crippen molar-refractivity contribution in [1.82, 2.24) is 9.88 Å². The Bertz CT molecular complexity index is 1140. The van der Waals surface area contributed by atoms with Crippen LogP contribution >= 0.6 is 0 Å². The third kappa shape index (κ3) is 7.68. The van der Waals surface area contributed by atoms with Gasteiger partial charge in [0.2, 0.25) is 0 Å². The highest BCUT2D eigenvalue weighted by Crippen LogP contribution is 2.37. The molecule has 0 aliphatic carbocycles. The molecule has 0 N–H and O–H groups in total. The number of alkyl halides is 2. The molecule has 1 saturated heterocycles. The fourth-order valence-electron chi connectivity index (χ4n) is 4.60. The molecule has 8 heteroatoms. The largest absolute Gasteiger partial charge is 0.444 e. The number of ketones is 2. The van der Waals surface area contributed by atoms with E-state index < -0.39 is 30.0 Å². The van der Waals surface area contributed by atoms with Gasteiger partial charge in [0.25, 0.3) is 5.92 Å². The van der Waals surface area contributed by atoms with E-state index in [-0.39, 0.29) is 62.0 Å². The number of ether oxygens (including phenoxy) is 1. The van der Waals surface area contributed by atoms with Gasteiger partial charge in [-0.3, -0.25) is 9.59 Å². The van der Waals surface area contributed by atoms with Gasteiger partial charge < -0.3 is 9.64 Å². The lowest BCUT2D eigenvalue weighted by Crippen LogP contribution is -2.50. The van der Waals surface area contributed by atoms with Gasteiger partial charge in [-0.25, -0.2) is 18.6 Å². The van der Waals surface area contributed by atoms with Crippen LogP contribution in [0.3, 0.4) is 0 Å². The number of rotatable bonds is 9. The van der Waals surface area contributed by atoms with E-state index in [1.54, 1.807) is 33.8 Å². The lowest BCUT2D eigenvalue weighted by molar-refractivity contribution is -0.107. The first-order valence-electron chi connectivity index (χ1n) is 13.3. The smallest absolute Gasteiger partial charge is 0.410 e. The minimum Gasteiger partial charge on any atom is -0.444 e. The maximum absolute atomic E-state index is 14.7. The van der Waals surface area contributed by atoms with E-state index in [4.69, 9.17) is 4.74 Å². The van der Waals surface area contributed by atoms with Crippen molar-refractivity contribution in [1.29, 1.82) is 0 Å². The lowest BCUT2D eigenvalue weighted by atomic mass is 9.88. The van der Waals surface area contributed by atoms with Gasteiger partial charge in [0.1, 0.15) is 11.3 Å². The molecule has 1 aromatic carbocycles. The van der Waals surface area contributed by atoms with Crippen LogP contribution in [0.25, 0.3) is 0 Å². The average molecular weight is 529 g/mol. The van der Waals surface area contributed by atoms with Crippen LogP contribution in [0.5, 0.6) is 0 Å². The van der Waals surface area contributed by atoms with Crippen LogP contribution < -0.4 is 0 Å². The molecule has 206 valence electrons. The molecule has 1 aliphatic heterocycles. The van der Waals surface area contributed by atoms with Crippen molar-refractivity contribution in [2.75, 3.05) is 13.1 Å². The van der Waals surface area contributed by atoms with Crippen LogP contribution in [0.2, 0.25) is 0 Å². The zero-order chi connectivity index (χ0) is 28.1. The first-order valence-corrected chi connectivity index (χ1v) is 13.3. The number of amides is 1. The summed E-state index contributed by atoms with van der Waals surface area (Å²) in [6.45, 7) is 8.73. The molecule has 1 aliphatic rings. The molecule has 3 rings (SSSR count). The van der Waals surface area contributed by atoms with E-state index >= 15 is 0 Å². The maximum atomic E-state index is 14.7. The summed E-state index contributed by atoms with van der Waals surface area (Å²) in [6, 6.07) is 12.9. The van der Waals surface area contributed by atoms with Crippen molar-refractivity contribution in [3.8, 4) is 0 Å². The number of nitrogens with zero attached hydrogens (tertiary/aromatic N) is 2. The molecule has 1 unspecified atom stereocenters. The molecule has 38 heavy (non-hydrogen) atoms. The third-order valence-corrected chi connectivity index (χ3v) is 6.88. The summed E-state index contributed by atoms with van der Waals surface area (Å²) in [6.07, 6.45) is -0.379. The minimum absolute atomic E-state index is 0.0575. The van der Waals surface area contributed by atoms with Crippen LogP contribution in [-0.4, -0.2) is 52.2 Å². The Balaban J connectivity index is 1.70. The summed E-state index contributed by atoms with van der Waals surface area (Å²) in [4.78, 5) is 43.9. The predicted molar refractivity (Wildman–Crippen MR) is 142 cm³/mol. The number of pyridine rings is 1. The Morgan fingerprint density at radius 3 is 2.45 bits per heavy atom. The molecule has 2 heterocycles. The van der Waals surface area contributed by atoms with Crippen LogP contribution in [-0.2, 0) is 4.74 Å². The van der Waals surface area contributed by atoms with Crippen LogP contribution in [0.4, 0.5) is 13.6 Å². The van der Waals surface area contributed by atoms with Crippen molar-refractivity contribution in [3.05, 3.63) is 65.0 Å². The summed E-state index contributed by atoms with van der Waals surface area (Å²) >= 11 is 0. The van der Waals surface area contributed by atoms with Crippen LogP contribution in [0.1, 0.15) is 105 Å². The average Bonchev–Trinajstić information content (AvgIpc) is 2.87. The van der Waals surface area contributed by atoms with E-state index in [1.165, 1.54) is 11.0 Å². The van der Waals surface area contributed by atoms with Gasteiger partial charge in [-0.15, -0.1) is 0 Å². The number of benzene rings is 1.